The molecule has 7 rings (SSSR count). The molecule has 0 aliphatic heterocycles. The number of aromatic amines is 1. The van der Waals surface area contributed by atoms with E-state index in [0.717, 1.165) is 43.6 Å². The van der Waals surface area contributed by atoms with Crippen molar-refractivity contribution in [3.8, 4) is 5.75 Å². The van der Waals surface area contributed by atoms with Crippen molar-refractivity contribution in [2.45, 2.75) is 107 Å². The monoisotopic (exact) mass is 1320 g/mol. The Morgan fingerprint density at radius 3 is 1.56 bits per heavy atom. The minimum absolute atomic E-state index is 0.00794. The van der Waals surface area contributed by atoms with Gasteiger partial charge < -0.3 is 64.5 Å². The highest BCUT2D eigenvalue weighted by Crippen LogP contribution is 2.24. The molecular weight excluding hydrogens is 1250 g/mol. The van der Waals surface area contributed by atoms with E-state index in [1.165, 1.54) is 6.07 Å². The van der Waals surface area contributed by atoms with Crippen molar-refractivity contribution in [3.63, 3.8) is 0 Å². The number of amides is 8. The molecule has 0 fully saturated rings. The van der Waals surface area contributed by atoms with E-state index < -0.39 is 102 Å². The number of H-pyrrole nitrogens is 1. The molecule has 1 heterocycles. The van der Waals surface area contributed by atoms with Crippen LogP contribution in [0.4, 0.5) is 0 Å². The van der Waals surface area contributed by atoms with Gasteiger partial charge in [0, 0.05) is 47.9 Å². The summed E-state index contributed by atoms with van der Waals surface area (Å²) in [6.45, 7) is 3.64. The van der Waals surface area contributed by atoms with Gasteiger partial charge in [0.05, 0.1) is 9.61 Å². The van der Waals surface area contributed by atoms with E-state index in [-0.39, 0.29) is 55.9 Å². The number of unbranched alkanes of at least 4 members (excludes halogenated alkanes) is 1. The van der Waals surface area contributed by atoms with Gasteiger partial charge in [0.2, 0.25) is 47.3 Å². The molecule has 6 aromatic carbocycles. The Balaban J connectivity index is 1.09. The van der Waals surface area contributed by atoms with Gasteiger partial charge in [-0.3, -0.25) is 38.4 Å². The summed E-state index contributed by atoms with van der Waals surface area (Å²) in [5.41, 5.74) is 21.5. The lowest BCUT2D eigenvalue weighted by Gasteiger charge is -2.29. The maximum Gasteiger partial charge on any atom is 0.244 e. The number of fused-ring (bicyclic) bond motifs is 3. The van der Waals surface area contributed by atoms with Gasteiger partial charge in [-0.15, -0.1) is 0 Å². The van der Waals surface area contributed by atoms with Crippen molar-refractivity contribution < 1.29 is 43.5 Å². The molecular formula is C63H74IN11O9S2. The number of thiol groups is 2. The van der Waals surface area contributed by atoms with E-state index >= 15 is 0 Å². The number of benzene rings is 6. The summed E-state index contributed by atoms with van der Waals surface area (Å²) in [5.74, 6) is -6.95. The topological polar surface area (TPSA) is 335 Å². The van der Waals surface area contributed by atoms with Crippen molar-refractivity contribution in [1.82, 2.24) is 42.2 Å². The first-order chi connectivity index (χ1) is 41.2. The Bertz CT molecular complexity index is 3570. The van der Waals surface area contributed by atoms with Crippen LogP contribution in [0.5, 0.6) is 5.75 Å². The fourth-order valence-corrected chi connectivity index (χ4v) is 11.1. The van der Waals surface area contributed by atoms with Crippen LogP contribution in [-0.4, -0.2) is 124 Å². The molecule has 20 nitrogen and oxygen atoms in total. The van der Waals surface area contributed by atoms with Gasteiger partial charge in [0.1, 0.15) is 48.0 Å². The number of para-hydroxylation sites is 1. The summed E-state index contributed by atoms with van der Waals surface area (Å²) in [5, 5.41) is 34.3. The van der Waals surface area contributed by atoms with Gasteiger partial charge in [-0.05, 0) is 123 Å². The number of phenolic OH excluding ortho intramolecular Hbond substituents is 1. The molecule has 8 amide bonds. The van der Waals surface area contributed by atoms with E-state index in [1.54, 1.807) is 32.2 Å². The van der Waals surface area contributed by atoms with Crippen molar-refractivity contribution in [3.05, 3.63) is 159 Å². The first-order valence-corrected chi connectivity index (χ1v) is 30.7. The SMILES string of the molecule is CC(C)[C@H](NC(=O)[C@H](CCCCN)NC(=O)[C@@H](Cc1c[nH]c2ccccc12)NC(=O)[C@H](Cc1ccc(O)c(I)c1)NC(=O)[C@@H](CS)NC(=O)[C@@H](N)Cc1ccc2ccccc2c1)C(=O)N[C@@H](CS)C(=O)N[C@@H](Cc1ccc2ccccc2c1)C(N)=O. The molecule has 0 saturated heterocycles. The minimum Gasteiger partial charge on any atom is -0.507 e. The van der Waals surface area contributed by atoms with Crippen LogP contribution in [0, 0.1) is 9.49 Å². The lowest BCUT2D eigenvalue weighted by Crippen LogP contribution is -2.61. The predicted octanol–water partition coefficient (Wildman–Crippen LogP) is 3.91. The summed E-state index contributed by atoms with van der Waals surface area (Å²) in [4.78, 5) is 116. The van der Waals surface area contributed by atoms with Gasteiger partial charge in [-0.25, -0.2) is 0 Å². The van der Waals surface area contributed by atoms with Crippen LogP contribution in [0.25, 0.3) is 32.4 Å². The number of carbonyl (C=O) groups excluding carboxylic acids is 8. The lowest BCUT2D eigenvalue weighted by atomic mass is 9.99. The van der Waals surface area contributed by atoms with E-state index in [1.807, 2.05) is 132 Å². The third-order valence-corrected chi connectivity index (χ3v) is 16.4. The van der Waals surface area contributed by atoms with Gasteiger partial charge in [-0.2, -0.15) is 25.3 Å². The van der Waals surface area contributed by atoms with Crippen LogP contribution in [0.15, 0.2) is 134 Å². The standard InChI is InChI=1S/C63H74IN11O9S2/c1-35(2)55(63(84)74-53(34-86)61(82)70-49(56(67)77)29-37-19-22-40-12-4-6-14-42(40)26-37)75-58(79)48(17-9-10-24-65)69-60(81)51(31-43-32-68-47-16-8-7-15-44(43)47)72-59(80)50(30-38-20-23-54(76)45(64)27-38)71-62(83)52(33-85)73-57(78)46(66)28-36-18-21-39-11-3-5-13-41(39)25-36/h3-8,11-16,18-23,25-27,32,35,46,48-53,55,68,76,85-86H,9-10,17,24,28-31,33-34,65-66H2,1-2H3,(H2,67,77)(H,69,81)(H,70,82)(H,71,83)(H,72,80)(H,73,78)(H,74,84)(H,75,79)/t46-,48-,49-,50-,51+,52+,53-,55-/m0/s1. The van der Waals surface area contributed by atoms with E-state index in [4.69, 9.17) is 17.2 Å². The number of halogens is 1. The van der Waals surface area contributed by atoms with Gasteiger partial charge in [0.15, 0.2) is 0 Å². The molecule has 0 aliphatic rings. The normalized spacial score (nSPS) is 14.2. The van der Waals surface area contributed by atoms with Crippen LogP contribution >= 0.6 is 47.8 Å². The number of carbonyl (C=O) groups is 8. The molecule has 454 valence electrons. The molecule has 15 N–H and O–H groups in total. The number of hydrogen-bond acceptors (Lipinski definition) is 13. The zero-order valence-electron chi connectivity index (χ0n) is 47.7. The summed E-state index contributed by atoms with van der Waals surface area (Å²) in [7, 11) is 0. The van der Waals surface area contributed by atoms with E-state index in [0.29, 0.717) is 27.5 Å². The first kappa shape index (κ1) is 65.8. The van der Waals surface area contributed by atoms with Crippen LogP contribution in [0.2, 0.25) is 0 Å². The van der Waals surface area contributed by atoms with E-state index in [2.05, 4.69) is 67.5 Å². The van der Waals surface area contributed by atoms with Crippen LogP contribution in [0.3, 0.4) is 0 Å². The fraction of sp³-hybridized carbons (Fsp3) is 0.333. The second-order valence-electron chi connectivity index (χ2n) is 21.6. The van der Waals surface area contributed by atoms with Crippen LogP contribution in [0.1, 0.15) is 55.4 Å². The predicted molar refractivity (Wildman–Crippen MR) is 348 cm³/mol. The number of nitrogens with one attached hydrogen (secondary N) is 8. The van der Waals surface area contributed by atoms with Gasteiger partial charge >= 0.3 is 0 Å². The second-order valence-corrected chi connectivity index (χ2v) is 23.5. The number of rotatable bonds is 30. The first-order valence-electron chi connectivity index (χ1n) is 28.3. The molecule has 86 heavy (non-hydrogen) atoms. The Morgan fingerprint density at radius 1 is 0.523 bits per heavy atom. The molecule has 0 spiro atoms. The molecule has 1 aromatic heterocycles. The number of phenols is 1. The zero-order chi connectivity index (χ0) is 62.0. The number of aromatic hydroxyl groups is 1. The average molecular weight is 1320 g/mol. The molecule has 0 bridgehead atoms. The number of aromatic nitrogens is 1. The van der Waals surface area contributed by atoms with Gasteiger partial charge in [0.25, 0.3) is 0 Å². The Morgan fingerprint density at radius 2 is 0.988 bits per heavy atom. The largest absolute Gasteiger partial charge is 0.507 e. The summed E-state index contributed by atoms with van der Waals surface area (Å²) in [6.07, 6.45) is 2.59. The Hall–Kier alpha value is -7.71. The summed E-state index contributed by atoms with van der Waals surface area (Å²) < 4.78 is 0.466. The number of hydrogen-bond donors (Lipinski definition) is 14. The quantitative estimate of drug-likeness (QED) is 0.0174. The van der Waals surface area contributed by atoms with E-state index in [9.17, 15) is 43.5 Å². The molecule has 8 atom stereocenters. The molecule has 0 saturated carbocycles. The van der Waals surface area contributed by atoms with Crippen molar-refractivity contribution in [2.24, 2.45) is 23.1 Å². The lowest BCUT2D eigenvalue weighted by molar-refractivity contribution is -0.136. The third-order valence-electron chi connectivity index (χ3n) is 14.8. The molecule has 23 heteroatoms. The highest BCUT2D eigenvalue weighted by molar-refractivity contribution is 14.1. The smallest absolute Gasteiger partial charge is 0.244 e. The molecule has 0 aliphatic carbocycles. The average Bonchev–Trinajstić information content (AvgIpc) is 4.04. The molecule has 0 unspecified atom stereocenters. The van der Waals surface area contributed by atoms with Gasteiger partial charge in [-0.1, -0.05) is 123 Å². The molecule has 7 aromatic rings. The van der Waals surface area contributed by atoms with Crippen LogP contribution in [-0.2, 0) is 64.0 Å². The number of nitrogens with two attached hydrogens (primary N) is 3. The Labute approximate surface area is 523 Å². The third kappa shape index (κ3) is 18.2. The van der Waals surface area contributed by atoms with Crippen LogP contribution < -0.4 is 54.4 Å². The Kier molecular flexibility index (Phi) is 24.2. The number of primary amides is 1. The fourth-order valence-electron chi connectivity index (χ4n) is 9.96. The summed E-state index contributed by atoms with van der Waals surface area (Å²) in [6, 6.07) is 28.8. The second kappa shape index (κ2) is 31.6. The maximum absolute atomic E-state index is 14.9. The summed E-state index contributed by atoms with van der Waals surface area (Å²) >= 11 is 10.7. The highest BCUT2D eigenvalue weighted by atomic mass is 127. The van der Waals surface area contributed by atoms with Crippen molar-refractivity contribution in [2.75, 3.05) is 18.1 Å². The maximum atomic E-state index is 14.9. The zero-order valence-corrected chi connectivity index (χ0v) is 51.6. The molecule has 0 radical (unpaired) electrons. The van der Waals surface area contributed by atoms with Crippen molar-refractivity contribution in [1.29, 1.82) is 0 Å². The minimum atomic E-state index is -1.40. The van der Waals surface area contributed by atoms with Crippen molar-refractivity contribution >= 4 is 128 Å². The highest BCUT2D eigenvalue weighted by Gasteiger charge is 2.35.